The highest BCUT2D eigenvalue weighted by Crippen LogP contribution is 2.35. The topological polar surface area (TPSA) is 82.6 Å². The fourth-order valence-corrected chi connectivity index (χ4v) is 2.92. The Morgan fingerprint density at radius 2 is 1.71 bits per heavy atom. The van der Waals surface area contributed by atoms with Crippen LogP contribution in [0.3, 0.4) is 0 Å². The second-order valence-electron chi connectivity index (χ2n) is 6.99. The molecule has 1 aliphatic rings. The lowest BCUT2D eigenvalue weighted by Crippen LogP contribution is -2.16. The Labute approximate surface area is 162 Å². The van der Waals surface area contributed by atoms with Gasteiger partial charge in [-0.05, 0) is 63.1 Å². The number of rotatable bonds is 4. The molecule has 0 spiro atoms. The molecular weight excluding hydrogens is 358 g/mol. The summed E-state index contributed by atoms with van der Waals surface area (Å²) in [6.07, 6.45) is -0.261. The van der Waals surface area contributed by atoms with Gasteiger partial charge in [0.05, 0.1) is 17.1 Å². The third kappa shape index (κ3) is 3.43. The van der Waals surface area contributed by atoms with Gasteiger partial charge in [-0.1, -0.05) is 0 Å². The van der Waals surface area contributed by atoms with Crippen LogP contribution in [0.25, 0.3) is 11.0 Å². The fraction of sp³-hybridized carbons (Fsp3) is 0.286. The lowest BCUT2D eigenvalue weighted by molar-refractivity contribution is 0.0372. The average molecular weight is 379 g/mol. The summed E-state index contributed by atoms with van der Waals surface area (Å²) in [6, 6.07) is 9.32. The third-order valence-electron chi connectivity index (χ3n) is 4.45. The summed E-state index contributed by atoms with van der Waals surface area (Å²) in [5, 5.41) is 3.17. The van der Waals surface area contributed by atoms with Crippen LogP contribution in [0.5, 0.6) is 11.5 Å². The number of nitrogens with one attached hydrogen (secondary N) is 1. The van der Waals surface area contributed by atoms with Crippen molar-refractivity contribution >= 4 is 28.5 Å². The van der Waals surface area contributed by atoms with Gasteiger partial charge in [-0.25, -0.2) is 14.8 Å². The molecule has 0 amide bonds. The Morgan fingerprint density at radius 1 is 1.04 bits per heavy atom. The Balaban J connectivity index is 1.79. The first-order valence-corrected chi connectivity index (χ1v) is 9.07. The predicted molar refractivity (Wildman–Crippen MR) is 105 cm³/mol. The molecule has 0 unspecified atom stereocenters. The molecule has 7 nitrogen and oxygen atoms in total. The molecule has 4 rings (SSSR count). The Bertz CT molecular complexity index is 1080. The number of benzene rings is 2. The van der Waals surface area contributed by atoms with Gasteiger partial charge in [0, 0.05) is 11.8 Å². The number of hydrogen-bond acceptors (Lipinski definition) is 7. The van der Waals surface area contributed by atoms with Gasteiger partial charge in [-0.3, -0.25) is 0 Å². The van der Waals surface area contributed by atoms with E-state index in [0.29, 0.717) is 34.0 Å². The van der Waals surface area contributed by atoms with E-state index in [0.717, 1.165) is 11.1 Å². The summed E-state index contributed by atoms with van der Waals surface area (Å²) < 4.78 is 16.1. The van der Waals surface area contributed by atoms with Crippen molar-refractivity contribution in [1.29, 1.82) is 0 Å². The number of fused-ring (bicyclic) bond motifs is 2. The van der Waals surface area contributed by atoms with Crippen molar-refractivity contribution in [3.63, 3.8) is 0 Å². The molecule has 144 valence electrons. The van der Waals surface area contributed by atoms with E-state index < -0.39 is 5.97 Å². The van der Waals surface area contributed by atoms with E-state index in [1.165, 1.54) is 0 Å². The smallest absolute Gasteiger partial charge is 0.361 e. The van der Waals surface area contributed by atoms with Crippen molar-refractivity contribution in [2.45, 2.75) is 33.8 Å². The van der Waals surface area contributed by atoms with Gasteiger partial charge >= 0.3 is 5.97 Å². The summed E-state index contributed by atoms with van der Waals surface area (Å²) in [5.74, 6) is 1.13. The zero-order valence-corrected chi connectivity index (χ0v) is 16.2. The minimum atomic E-state index is -0.522. The molecule has 2 heterocycles. The second-order valence-corrected chi connectivity index (χ2v) is 6.99. The number of anilines is 2. The van der Waals surface area contributed by atoms with Gasteiger partial charge in [0.15, 0.2) is 23.0 Å². The van der Waals surface area contributed by atoms with Crippen molar-refractivity contribution in [3.8, 4) is 11.5 Å². The average Bonchev–Trinajstić information content (AvgIpc) is 3.10. The number of aromatic nitrogens is 2. The molecule has 0 fully saturated rings. The summed E-state index contributed by atoms with van der Waals surface area (Å²) in [5.41, 5.74) is 4.39. The fourth-order valence-electron chi connectivity index (χ4n) is 2.92. The van der Waals surface area contributed by atoms with Gasteiger partial charge in [0.2, 0.25) is 6.79 Å². The standard InChI is InChI=1S/C21H21N3O4/c1-11(2)28-21(25)19-20(22-14-5-6-17-18(9-14)27-10-26-17)24-16-8-13(4)12(3)7-15(16)23-19/h5-9,11H,10H2,1-4H3,(H,22,24). The highest BCUT2D eigenvalue weighted by atomic mass is 16.7. The maximum absolute atomic E-state index is 12.6. The van der Waals surface area contributed by atoms with Crippen LogP contribution >= 0.6 is 0 Å². The molecular formula is C21H21N3O4. The van der Waals surface area contributed by atoms with Crippen molar-refractivity contribution < 1.29 is 19.0 Å². The zero-order valence-electron chi connectivity index (χ0n) is 16.2. The van der Waals surface area contributed by atoms with Crippen molar-refractivity contribution in [3.05, 3.63) is 47.2 Å². The van der Waals surface area contributed by atoms with E-state index in [1.807, 2.05) is 32.0 Å². The van der Waals surface area contributed by atoms with Crippen molar-refractivity contribution in [2.75, 3.05) is 12.1 Å². The molecule has 1 N–H and O–H groups in total. The van der Waals surface area contributed by atoms with Gasteiger partial charge in [0.25, 0.3) is 0 Å². The van der Waals surface area contributed by atoms with E-state index in [1.54, 1.807) is 26.0 Å². The third-order valence-corrected chi connectivity index (χ3v) is 4.45. The number of esters is 1. The minimum Gasteiger partial charge on any atom is -0.458 e. The minimum absolute atomic E-state index is 0.141. The molecule has 0 aliphatic carbocycles. The van der Waals surface area contributed by atoms with Gasteiger partial charge in [0.1, 0.15) is 0 Å². The summed E-state index contributed by atoms with van der Waals surface area (Å²) in [7, 11) is 0. The SMILES string of the molecule is Cc1cc2nc(Nc3ccc4c(c3)OCO4)c(C(=O)OC(C)C)nc2cc1C. The molecule has 7 heteroatoms. The molecule has 28 heavy (non-hydrogen) atoms. The number of aryl methyl sites for hydroxylation is 2. The van der Waals surface area contributed by atoms with Crippen LogP contribution in [-0.4, -0.2) is 28.8 Å². The van der Waals surface area contributed by atoms with Gasteiger partial charge < -0.3 is 19.5 Å². The first kappa shape index (κ1) is 18.0. The van der Waals surface area contributed by atoms with E-state index in [2.05, 4.69) is 15.3 Å². The Kier molecular flexibility index (Phi) is 4.50. The number of ether oxygens (including phenoxy) is 3. The summed E-state index contributed by atoms with van der Waals surface area (Å²) in [6.45, 7) is 7.80. The number of nitrogens with zero attached hydrogens (tertiary/aromatic N) is 2. The van der Waals surface area contributed by atoms with Crippen LogP contribution in [0.4, 0.5) is 11.5 Å². The van der Waals surface area contributed by atoms with Crippen LogP contribution in [0.1, 0.15) is 35.5 Å². The monoisotopic (exact) mass is 379 g/mol. The molecule has 0 saturated carbocycles. The second kappa shape index (κ2) is 6.99. The molecule has 0 saturated heterocycles. The number of carbonyl (C=O) groups excluding carboxylic acids is 1. The maximum Gasteiger partial charge on any atom is 0.361 e. The summed E-state index contributed by atoms with van der Waals surface area (Å²) in [4.78, 5) is 21.8. The van der Waals surface area contributed by atoms with E-state index in [9.17, 15) is 4.79 Å². The lowest BCUT2D eigenvalue weighted by Gasteiger charge is -2.14. The molecule has 3 aromatic rings. The van der Waals surface area contributed by atoms with Crippen LogP contribution < -0.4 is 14.8 Å². The molecule has 0 atom stereocenters. The van der Waals surface area contributed by atoms with Gasteiger partial charge in [-0.2, -0.15) is 0 Å². The highest BCUT2D eigenvalue weighted by molar-refractivity contribution is 5.96. The number of hydrogen-bond donors (Lipinski definition) is 1. The summed E-state index contributed by atoms with van der Waals surface area (Å²) >= 11 is 0. The first-order valence-electron chi connectivity index (χ1n) is 9.07. The molecule has 0 radical (unpaired) electrons. The van der Waals surface area contributed by atoms with E-state index in [4.69, 9.17) is 14.2 Å². The van der Waals surface area contributed by atoms with Crippen molar-refractivity contribution in [2.24, 2.45) is 0 Å². The molecule has 0 bridgehead atoms. The quantitative estimate of drug-likeness (QED) is 0.677. The largest absolute Gasteiger partial charge is 0.458 e. The lowest BCUT2D eigenvalue weighted by atomic mass is 10.1. The highest BCUT2D eigenvalue weighted by Gasteiger charge is 2.21. The zero-order chi connectivity index (χ0) is 19.8. The first-order chi connectivity index (χ1) is 13.4. The van der Waals surface area contributed by atoms with Crippen LogP contribution in [0.2, 0.25) is 0 Å². The molecule has 1 aliphatic heterocycles. The Morgan fingerprint density at radius 3 is 2.43 bits per heavy atom. The van der Waals surface area contributed by atoms with Crippen LogP contribution in [-0.2, 0) is 4.74 Å². The van der Waals surface area contributed by atoms with Crippen LogP contribution in [0.15, 0.2) is 30.3 Å². The van der Waals surface area contributed by atoms with E-state index >= 15 is 0 Å². The Hall–Kier alpha value is -3.35. The maximum atomic E-state index is 12.6. The van der Waals surface area contributed by atoms with Crippen molar-refractivity contribution in [1.82, 2.24) is 9.97 Å². The predicted octanol–water partition coefficient (Wildman–Crippen LogP) is 4.28. The van der Waals surface area contributed by atoms with Crippen LogP contribution in [0, 0.1) is 13.8 Å². The normalized spacial score (nSPS) is 12.5. The molecule has 1 aromatic heterocycles. The molecule has 2 aromatic carbocycles. The van der Waals surface area contributed by atoms with Gasteiger partial charge in [-0.15, -0.1) is 0 Å². The number of carbonyl (C=O) groups is 1. The van der Waals surface area contributed by atoms with E-state index in [-0.39, 0.29) is 18.6 Å².